The number of aromatic nitrogens is 1. The van der Waals surface area contributed by atoms with Crippen molar-refractivity contribution in [2.24, 2.45) is 4.99 Å². The van der Waals surface area contributed by atoms with Gasteiger partial charge in [0.05, 0.1) is 14.9 Å². The lowest BCUT2D eigenvalue weighted by molar-refractivity contribution is 0.602. The lowest BCUT2D eigenvalue weighted by Crippen LogP contribution is -2.40. The fourth-order valence-electron chi connectivity index (χ4n) is 2.36. The first-order valence-corrected chi connectivity index (χ1v) is 11.2. The zero-order chi connectivity index (χ0) is 20.6. The van der Waals surface area contributed by atoms with E-state index in [4.69, 9.17) is 23.2 Å². The minimum Gasteiger partial charge on any atom is -0.367 e. The lowest BCUT2D eigenvalue weighted by Gasteiger charge is -2.13. The Labute approximate surface area is 198 Å². The number of halogens is 3. The highest BCUT2D eigenvalue weighted by molar-refractivity contribution is 14.0. The Kier molecular flexibility index (Phi) is 11.0. The number of hydrogen-bond donors (Lipinski definition) is 3. The highest BCUT2D eigenvalue weighted by Gasteiger charge is 2.06. The number of aliphatic imine (C=N–C) groups is 1. The third kappa shape index (κ3) is 8.93. The van der Waals surface area contributed by atoms with Gasteiger partial charge in [-0.25, -0.2) is 13.4 Å². The Morgan fingerprint density at radius 3 is 2.34 bits per heavy atom. The molecule has 0 amide bonds. The molecule has 0 atom stereocenters. The van der Waals surface area contributed by atoms with Crippen molar-refractivity contribution in [3.63, 3.8) is 0 Å². The van der Waals surface area contributed by atoms with E-state index >= 15 is 0 Å². The van der Waals surface area contributed by atoms with Gasteiger partial charge in [0.2, 0.25) is 0 Å². The largest absolute Gasteiger partial charge is 0.367 e. The van der Waals surface area contributed by atoms with E-state index in [-0.39, 0.29) is 24.0 Å². The molecule has 29 heavy (non-hydrogen) atoms. The van der Waals surface area contributed by atoms with E-state index in [0.29, 0.717) is 46.4 Å². The quantitative estimate of drug-likeness (QED) is 0.195. The van der Waals surface area contributed by atoms with Crippen molar-refractivity contribution in [1.29, 1.82) is 0 Å². The van der Waals surface area contributed by atoms with Gasteiger partial charge in [0, 0.05) is 39.1 Å². The molecule has 1 heterocycles. The van der Waals surface area contributed by atoms with Crippen LogP contribution in [0.5, 0.6) is 0 Å². The smallest absolute Gasteiger partial charge is 0.191 e. The van der Waals surface area contributed by atoms with Gasteiger partial charge in [0.15, 0.2) is 15.8 Å². The maximum atomic E-state index is 11.5. The Bertz CT molecular complexity index is 924. The van der Waals surface area contributed by atoms with Crippen LogP contribution in [0, 0.1) is 0 Å². The number of pyridine rings is 1. The minimum atomic E-state index is -3.17. The van der Waals surface area contributed by atoms with E-state index in [1.54, 1.807) is 25.2 Å². The molecule has 2 rings (SSSR count). The Morgan fingerprint density at radius 2 is 1.76 bits per heavy atom. The van der Waals surface area contributed by atoms with Gasteiger partial charge in [0.25, 0.3) is 0 Å². The van der Waals surface area contributed by atoms with E-state index in [1.807, 2.05) is 12.1 Å². The van der Waals surface area contributed by atoms with Gasteiger partial charge in [-0.3, -0.25) is 4.99 Å². The van der Waals surface area contributed by atoms with Gasteiger partial charge in [-0.1, -0.05) is 35.3 Å². The van der Waals surface area contributed by atoms with Crippen LogP contribution in [0.4, 0.5) is 5.82 Å². The van der Waals surface area contributed by atoms with Gasteiger partial charge in [-0.15, -0.1) is 24.0 Å². The summed E-state index contributed by atoms with van der Waals surface area (Å²) in [4.78, 5) is 8.62. The van der Waals surface area contributed by atoms with E-state index < -0.39 is 9.84 Å². The van der Waals surface area contributed by atoms with Gasteiger partial charge in [0.1, 0.15) is 5.82 Å². The first kappa shape index (κ1) is 25.7. The number of hydrogen-bond acceptors (Lipinski definition) is 5. The summed E-state index contributed by atoms with van der Waals surface area (Å²) in [6, 6.07) is 8.52. The Hall–Kier alpha value is -1.30. The van der Waals surface area contributed by atoms with Crippen molar-refractivity contribution in [2.45, 2.75) is 11.3 Å². The molecule has 0 saturated carbocycles. The fraction of sp³-hybridized carbons (Fsp3) is 0.333. The van der Waals surface area contributed by atoms with Crippen LogP contribution in [0.2, 0.25) is 10.0 Å². The normalized spacial score (nSPS) is 11.5. The van der Waals surface area contributed by atoms with Crippen LogP contribution in [0.15, 0.2) is 46.4 Å². The topological polar surface area (TPSA) is 95.5 Å². The van der Waals surface area contributed by atoms with Crippen molar-refractivity contribution in [2.75, 3.05) is 38.3 Å². The minimum absolute atomic E-state index is 0. The SMILES string of the molecule is CN=C(NCCNc1ncc(Cl)cc1Cl)NCCc1ccc(S(C)(=O)=O)cc1.I. The molecule has 0 spiro atoms. The average molecular weight is 572 g/mol. The van der Waals surface area contributed by atoms with Crippen LogP contribution in [-0.4, -0.2) is 52.3 Å². The third-order valence-corrected chi connectivity index (χ3v) is 5.42. The predicted molar refractivity (Wildman–Crippen MR) is 131 cm³/mol. The number of guanidine groups is 1. The molecular weight excluding hydrogens is 548 g/mol. The van der Waals surface area contributed by atoms with Crippen molar-refractivity contribution in [3.05, 3.63) is 52.1 Å². The summed E-state index contributed by atoms with van der Waals surface area (Å²) in [5.41, 5.74) is 1.04. The molecule has 1 aromatic carbocycles. The van der Waals surface area contributed by atoms with E-state index in [9.17, 15) is 8.42 Å². The van der Waals surface area contributed by atoms with Gasteiger partial charge < -0.3 is 16.0 Å². The first-order chi connectivity index (χ1) is 13.3. The van der Waals surface area contributed by atoms with Crippen molar-refractivity contribution >= 4 is 68.8 Å². The number of nitrogens with one attached hydrogen (secondary N) is 3. The second-order valence-corrected chi connectivity index (χ2v) is 8.86. The highest BCUT2D eigenvalue weighted by Crippen LogP contribution is 2.21. The van der Waals surface area contributed by atoms with Gasteiger partial charge in [-0.2, -0.15) is 0 Å². The first-order valence-electron chi connectivity index (χ1n) is 8.58. The van der Waals surface area contributed by atoms with Gasteiger partial charge in [-0.05, 0) is 30.2 Å². The molecule has 2 aromatic rings. The molecule has 160 valence electrons. The molecular formula is C18H24Cl2IN5O2S. The van der Waals surface area contributed by atoms with E-state index in [2.05, 4.69) is 25.9 Å². The van der Waals surface area contributed by atoms with Crippen LogP contribution in [0.25, 0.3) is 0 Å². The number of anilines is 1. The molecule has 0 unspecified atom stereocenters. The Balaban J connectivity index is 0.00000420. The molecule has 0 bridgehead atoms. The summed E-state index contributed by atoms with van der Waals surface area (Å²) in [5.74, 6) is 1.25. The molecule has 11 heteroatoms. The van der Waals surface area contributed by atoms with E-state index in [0.717, 1.165) is 12.0 Å². The van der Waals surface area contributed by atoms with Crippen LogP contribution >= 0.6 is 47.2 Å². The molecule has 1 aromatic heterocycles. The highest BCUT2D eigenvalue weighted by atomic mass is 127. The van der Waals surface area contributed by atoms with Gasteiger partial charge >= 0.3 is 0 Å². The zero-order valence-electron chi connectivity index (χ0n) is 16.1. The molecule has 0 fully saturated rings. The van der Waals surface area contributed by atoms with Crippen LogP contribution < -0.4 is 16.0 Å². The van der Waals surface area contributed by atoms with Crippen LogP contribution in [-0.2, 0) is 16.3 Å². The summed E-state index contributed by atoms with van der Waals surface area (Å²) >= 11 is 11.9. The second kappa shape index (κ2) is 12.4. The lowest BCUT2D eigenvalue weighted by atomic mass is 10.1. The fourth-order valence-corrected chi connectivity index (χ4v) is 3.43. The summed E-state index contributed by atoms with van der Waals surface area (Å²) in [7, 11) is -1.47. The van der Waals surface area contributed by atoms with Crippen molar-refractivity contribution in [3.8, 4) is 0 Å². The summed E-state index contributed by atoms with van der Waals surface area (Å²) < 4.78 is 23.0. The molecule has 0 radical (unpaired) electrons. The van der Waals surface area contributed by atoms with Crippen LogP contribution in [0.3, 0.4) is 0 Å². The predicted octanol–water partition coefficient (Wildman–Crippen LogP) is 3.23. The zero-order valence-corrected chi connectivity index (χ0v) is 20.7. The average Bonchev–Trinajstić information content (AvgIpc) is 2.64. The molecule has 0 aliphatic rings. The molecule has 7 nitrogen and oxygen atoms in total. The van der Waals surface area contributed by atoms with Crippen molar-refractivity contribution in [1.82, 2.24) is 15.6 Å². The third-order valence-electron chi connectivity index (χ3n) is 3.80. The maximum absolute atomic E-state index is 11.5. The molecule has 0 saturated heterocycles. The number of nitrogens with zero attached hydrogens (tertiary/aromatic N) is 2. The summed E-state index contributed by atoms with van der Waals surface area (Å²) in [5, 5.41) is 10.5. The summed E-state index contributed by atoms with van der Waals surface area (Å²) in [6.07, 6.45) is 3.48. The molecule has 0 aliphatic heterocycles. The standard InChI is InChI=1S/C18H23Cl2N5O2S.HI/c1-21-18(24-10-9-22-17-16(20)11-14(19)12-25-17)23-8-7-13-3-5-15(6-4-13)28(2,26)27;/h3-6,11-12H,7-10H2,1-2H3,(H,22,25)(H2,21,23,24);1H. The van der Waals surface area contributed by atoms with E-state index in [1.165, 1.54) is 12.5 Å². The second-order valence-electron chi connectivity index (χ2n) is 6.00. The number of rotatable bonds is 8. The summed E-state index contributed by atoms with van der Waals surface area (Å²) in [6.45, 7) is 1.88. The number of sulfone groups is 1. The van der Waals surface area contributed by atoms with Crippen LogP contribution in [0.1, 0.15) is 5.56 Å². The molecule has 3 N–H and O–H groups in total. The number of benzene rings is 1. The Morgan fingerprint density at radius 1 is 1.10 bits per heavy atom. The molecule has 0 aliphatic carbocycles. The maximum Gasteiger partial charge on any atom is 0.191 e. The van der Waals surface area contributed by atoms with Crippen molar-refractivity contribution < 1.29 is 8.42 Å². The monoisotopic (exact) mass is 571 g/mol.